The molecule has 2 N–H and O–H groups in total. The first-order valence-corrected chi connectivity index (χ1v) is 6.85. The van der Waals surface area contributed by atoms with Crippen molar-refractivity contribution in [3.8, 4) is 5.75 Å². The lowest BCUT2D eigenvalue weighted by Gasteiger charge is -2.15. The topological polar surface area (TPSA) is 50.4 Å². The molecule has 1 aromatic carbocycles. The van der Waals surface area contributed by atoms with E-state index < -0.39 is 0 Å². The lowest BCUT2D eigenvalue weighted by Crippen LogP contribution is -2.30. The quantitative estimate of drug-likeness (QED) is 0.790. The van der Waals surface area contributed by atoms with Gasteiger partial charge in [0.05, 0.1) is 7.11 Å². The fourth-order valence-electron chi connectivity index (χ4n) is 1.96. The highest BCUT2D eigenvalue weighted by Crippen LogP contribution is 2.19. The van der Waals surface area contributed by atoms with Crippen LogP contribution in [0.3, 0.4) is 0 Å². The summed E-state index contributed by atoms with van der Waals surface area (Å²) < 4.78 is 5.21. The van der Waals surface area contributed by atoms with Crippen molar-refractivity contribution in [3.63, 3.8) is 0 Å². The van der Waals surface area contributed by atoms with Crippen molar-refractivity contribution in [2.75, 3.05) is 13.7 Å². The molecule has 0 saturated heterocycles. The van der Waals surface area contributed by atoms with Crippen LogP contribution in [0.5, 0.6) is 5.75 Å². The van der Waals surface area contributed by atoms with Crippen LogP contribution in [-0.4, -0.2) is 25.6 Å². The highest BCUT2D eigenvalue weighted by atomic mass is 16.5. The molecule has 104 valence electrons. The minimum atomic E-state index is 0.146. The highest BCUT2D eigenvalue weighted by molar-refractivity contribution is 5.76. The number of hydrogen-bond acceptors (Lipinski definition) is 3. The van der Waals surface area contributed by atoms with Gasteiger partial charge < -0.3 is 15.4 Å². The van der Waals surface area contributed by atoms with Gasteiger partial charge in [0.25, 0.3) is 0 Å². The van der Waals surface area contributed by atoms with Gasteiger partial charge in [-0.1, -0.05) is 12.1 Å². The second-order valence-corrected chi connectivity index (χ2v) is 5.04. The zero-order valence-corrected chi connectivity index (χ0v) is 11.6. The van der Waals surface area contributed by atoms with E-state index in [1.807, 2.05) is 18.2 Å². The summed E-state index contributed by atoms with van der Waals surface area (Å²) in [6.07, 6.45) is 2.81. The van der Waals surface area contributed by atoms with Crippen LogP contribution in [0, 0.1) is 0 Å². The maximum absolute atomic E-state index is 11.5. The van der Waals surface area contributed by atoms with Crippen molar-refractivity contribution in [2.45, 2.75) is 38.3 Å². The molecule has 0 heterocycles. The largest absolute Gasteiger partial charge is 0.497 e. The normalized spacial score (nSPS) is 15.9. The van der Waals surface area contributed by atoms with Gasteiger partial charge in [-0.2, -0.15) is 0 Å². The van der Waals surface area contributed by atoms with Crippen molar-refractivity contribution >= 4 is 5.91 Å². The molecular formula is C15H22N2O2. The zero-order chi connectivity index (χ0) is 13.7. The Labute approximate surface area is 114 Å². The van der Waals surface area contributed by atoms with E-state index in [4.69, 9.17) is 4.74 Å². The van der Waals surface area contributed by atoms with E-state index in [9.17, 15) is 4.79 Å². The molecule has 4 nitrogen and oxygen atoms in total. The number of methoxy groups -OCH3 is 1. The predicted molar refractivity (Wildman–Crippen MR) is 75.2 cm³/mol. The van der Waals surface area contributed by atoms with Crippen LogP contribution in [0.15, 0.2) is 24.3 Å². The molecular weight excluding hydrogens is 240 g/mol. The maximum Gasteiger partial charge on any atom is 0.221 e. The number of benzene rings is 1. The number of carbonyl (C=O) groups excluding carboxylic acids is 1. The van der Waals surface area contributed by atoms with Crippen LogP contribution in [0.25, 0.3) is 0 Å². The Morgan fingerprint density at radius 3 is 2.95 bits per heavy atom. The zero-order valence-electron chi connectivity index (χ0n) is 11.6. The van der Waals surface area contributed by atoms with Crippen molar-refractivity contribution in [1.29, 1.82) is 0 Å². The van der Waals surface area contributed by atoms with Crippen LogP contribution in [0.2, 0.25) is 0 Å². The first-order valence-electron chi connectivity index (χ1n) is 6.85. The lowest BCUT2D eigenvalue weighted by atomic mass is 10.1. The van der Waals surface area contributed by atoms with Gasteiger partial charge in [0.1, 0.15) is 5.75 Å². The van der Waals surface area contributed by atoms with Gasteiger partial charge in [0, 0.05) is 25.0 Å². The van der Waals surface area contributed by atoms with E-state index in [-0.39, 0.29) is 11.9 Å². The maximum atomic E-state index is 11.5. The molecule has 0 aromatic heterocycles. The molecule has 4 heteroatoms. The third-order valence-corrected chi connectivity index (χ3v) is 3.34. The molecule has 1 aliphatic rings. The molecule has 1 fully saturated rings. The van der Waals surface area contributed by atoms with Gasteiger partial charge in [-0.3, -0.25) is 4.79 Å². The van der Waals surface area contributed by atoms with Gasteiger partial charge in [-0.05, 0) is 37.5 Å². The van der Waals surface area contributed by atoms with E-state index in [0.29, 0.717) is 19.0 Å². The molecule has 1 aromatic rings. The molecule has 2 rings (SSSR count). The standard InChI is InChI=1S/C15H22N2O2/c1-11(12-4-3-5-14(10-12)19-2)16-9-8-15(18)17-13-6-7-13/h3-5,10-11,13,16H,6-9H2,1-2H3,(H,17,18)/t11-/m1/s1. The van der Waals surface area contributed by atoms with E-state index in [1.54, 1.807) is 7.11 Å². The van der Waals surface area contributed by atoms with Gasteiger partial charge >= 0.3 is 0 Å². The van der Waals surface area contributed by atoms with Crippen molar-refractivity contribution in [2.24, 2.45) is 0 Å². The van der Waals surface area contributed by atoms with E-state index in [2.05, 4.69) is 23.6 Å². The van der Waals surface area contributed by atoms with Gasteiger partial charge in [-0.25, -0.2) is 0 Å². The number of hydrogen-bond donors (Lipinski definition) is 2. The average Bonchev–Trinajstić information content (AvgIpc) is 3.22. The SMILES string of the molecule is COc1cccc([C@@H](C)NCCC(=O)NC2CC2)c1. The Hall–Kier alpha value is -1.55. The summed E-state index contributed by atoms with van der Waals surface area (Å²) in [5.41, 5.74) is 1.17. The molecule has 0 unspecified atom stereocenters. The summed E-state index contributed by atoms with van der Waals surface area (Å²) in [5.74, 6) is 1.01. The molecule has 1 amide bonds. The van der Waals surface area contributed by atoms with Gasteiger partial charge in [0.2, 0.25) is 5.91 Å². The Morgan fingerprint density at radius 1 is 1.47 bits per heavy atom. The van der Waals surface area contributed by atoms with Gasteiger partial charge in [-0.15, -0.1) is 0 Å². The Balaban J connectivity index is 1.73. The Kier molecular flexibility index (Phi) is 4.80. The number of rotatable bonds is 7. The van der Waals surface area contributed by atoms with Crippen LogP contribution < -0.4 is 15.4 Å². The van der Waals surface area contributed by atoms with Crippen LogP contribution in [0.1, 0.15) is 37.8 Å². The van der Waals surface area contributed by atoms with Crippen molar-refractivity contribution in [3.05, 3.63) is 29.8 Å². The average molecular weight is 262 g/mol. The highest BCUT2D eigenvalue weighted by Gasteiger charge is 2.22. The van der Waals surface area contributed by atoms with Crippen molar-refractivity contribution < 1.29 is 9.53 Å². The first-order chi connectivity index (χ1) is 9.19. The molecule has 19 heavy (non-hydrogen) atoms. The monoisotopic (exact) mass is 262 g/mol. The number of ether oxygens (including phenoxy) is 1. The molecule has 0 radical (unpaired) electrons. The summed E-state index contributed by atoms with van der Waals surface area (Å²) in [6, 6.07) is 8.64. The second kappa shape index (κ2) is 6.57. The van der Waals surface area contributed by atoms with Crippen molar-refractivity contribution in [1.82, 2.24) is 10.6 Å². The summed E-state index contributed by atoms with van der Waals surface area (Å²) in [4.78, 5) is 11.5. The second-order valence-electron chi connectivity index (χ2n) is 5.04. The van der Waals surface area contributed by atoms with Crippen LogP contribution in [-0.2, 0) is 4.79 Å². The van der Waals surface area contributed by atoms with Crippen LogP contribution >= 0.6 is 0 Å². The Morgan fingerprint density at radius 2 is 2.26 bits per heavy atom. The molecule has 1 saturated carbocycles. The number of amides is 1. The van der Waals surface area contributed by atoms with Crippen LogP contribution in [0.4, 0.5) is 0 Å². The molecule has 0 spiro atoms. The summed E-state index contributed by atoms with van der Waals surface area (Å²) in [7, 11) is 1.67. The smallest absolute Gasteiger partial charge is 0.221 e. The minimum absolute atomic E-state index is 0.146. The molecule has 1 aliphatic carbocycles. The molecule has 0 aliphatic heterocycles. The number of nitrogens with one attached hydrogen (secondary N) is 2. The molecule has 1 atom stereocenters. The lowest BCUT2D eigenvalue weighted by molar-refractivity contribution is -0.121. The molecule has 0 bridgehead atoms. The third-order valence-electron chi connectivity index (χ3n) is 3.34. The first kappa shape index (κ1) is 13.9. The Bertz CT molecular complexity index is 430. The third kappa shape index (κ3) is 4.56. The summed E-state index contributed by atoms with van der Waals surface area (Å²) in [5, 5.41) is 6.35. The van der Waals surface area contributed by atoms with Gasteiger partial charge in [0.15, 0.2) is 0 Å². The fourth-order valence-corrected chi connectivity index (χ4v) is 1.96. The van der Waals surface area contributed by atoms with E-state index in [1.165, 1.54) is 5.56 Å². The minimum Gasteiger partial charge on any atom is -0.497 e. The van der Waals surface area contributed by atoms with E-state index in [0.717, 1.165) is 18.6 Å². The number of carbonyl (C=O) groups is 1. The predicted octanol–water partition coefficient (Wildman–Crippen LogP) is 2.01. The summed E-state index contributed by atoms with van der Waals surface area (Å²) >= 11 is 0. The fraction of sp³-hybridized carbons (Fsp3) is 0.533. The van der Waals surface area contributed by atoms with E-state index >= 15 is 0 Å². The summed E-state index contributed by atoms with van der Waals surface area (Å²) in [6.45, 7) is 2.78.